The number of hydrogen-bond donors (Lipinski definition) is 0. The standard InChI is InChI=1S/C14H11.C5H5.Zr/c1-10-11-6-2-4-8-13(11)14-9-5-3-7-12(10)14;1-2-4-5-3-1;/h2-6,8-10H,1H3;1-3H,4H2;. The zero-order valence-corrected chi connectivity index (χ0v) is 14.0. The minimum absolute atomic E-state index is 0.563. The molecule has 1 heteroatoms. The molecule has 0 fully saturated rings. The molecule has 0 heterocycles. The Morgan fingerprint density at radius 1 is 1.00 bits per heavy atom. The average Bonchev–Trinajstić information content (AvgIpc) is 3.08. The molecule has 0 radical (unpaired) electrons. The number of hydrogen-bond acceptors (Lipinski definition) is 0. The molecule has 0 saturated carbocycles. The van der Waals surface area contributed by atoms with E-state index in [1.165, 1.54) is 23.1 Å². The van der Waals surface area contributed by atoms with Crippen molar-refractivity contribution >= 4 is 3.27 Å². The van der Waals surface area contributed by atoms with Crippen LogP contribution in [0.5, 0.6) is 0 Å². The molecule has 0 N–H and O–H groups in total. The maximum absolute atomic E-state index is 2.38. The Morgan fingerprint density at radius 2 is 1.85 bits per heavy atom. The van der Waals surface area contributed by atoms with Crippen LogP contribution in [-0.2, 0) is 23.2 Å². The van der Waals surface area contributed by atoms with Crippen molar-refractivity contribution in [1.29, 1.82) is 0 Å². The van der Waals surface area contributed by atoms with Crippen molar-refractivity contribution in [2.45, 2.75) is 19.3 Å². The first-order valence-electron chi connectivity index (χ1n) is 7.19. The van der Waals surface area contributed by atoms with Crippen LogP contribution >= 0.6 is 0 Å². The van der Waals surface area contributed by atoms with Crippen LogP contribution in [0.15, 0.2) is 64.0 Å². The molecule has 0 aliphatic heterocycles. The van der Waals surface area contributed by atoms with E-state index in [2.05, 4.69) is 67.6 Å². The quantitative estimate of drug-likeness (QED) is 0.764. The minimum atomic E-state index is -0.617. The van der Waals surface area contributed by atoms with E-state index in [9.17, 15) is 0 Å². The maximum atomic E-state index is 2.38. The molecule has 2 aliphatic carbocycles. The monoisotopic (exact) mass is 334 g/mol. The van der Waals surface area contributed by atoms with Gasteiger partial charge in [0.15, 0.2) is 0 Å². The number of rotatable bonds is 2. The first kappa shape index (κ1) is 12.5. The van der Waals surface area contributed by atoms with Crippen molar-refractivity contribution < 1.29 is 23.2 Å². The van der Waals surface area contributed by atoms with Crippen LogP contribution in [-0.4, -0.2) is 0 Å². The van der Waals surface area contributed by atoms with Crippen LogP contribution in [0.1, 0.15) is 30.4 Å². The third kappa shape index (κ3) is 1.92. The summed E-state index contributed by atoms with van der Waals surface area (Å²) in [7, 11) is 0. The Labute approximate surface area is 131 Å². The third-order valence-electron chi connectivity index (χ3n) is 4.32. The van der Waals surface area contributed by atoms with Crippen LogP contribution in [0.25, 0.3) is 11.1 Å². The van der Waals surface area contributed by atoms with Gasteiger partial charge in [0.25, 0.3) is 0 Å². The Balaban J connectivity index is 1.82. The summed E-state index contributed by atoms with van der Waals surface area (Å²) in [5.74, 6) is 0.563. The molecule has 1 atom stereocenters. The van der Waals surface area contributed by atoms with Gasteiger partial charge in [-0.15, -0.1) is 0 Å². The second-order valence-corrected chi connectivity index (χ2v) is 9.04. The fourth-order valence-electron chi connectivity index (χ4n) is 3.36. The van der Waals surface area contributed by atoms with Crippen molar-refractivity contribution in [2.24, 2.45) is 0 Å². The Bertz CT molecular complexity index is 737. The first-order valence-corrected chi connectivity index (χ1v) is 9.65. The van der Waals surface area contributed by atoms with Gasteiger partial charge in [-0.05, 0) is 0 Å². The van der Waals surface area contributed by atoms with Gasteiger partial charge in [-0.2, -0.15) is 0 Å². The van der Waals surface area contributed by atoms with Crippen molar-refractivity contribution in [3.63, 3.8) is 0 Å². The van der Waals surface area contributed by atoms with Crippen LogP contribution in [0.4, 0.5) is 0 Å². The topological polar surface area (TPSA) is 0 Å². The number of fused-ring (bicyclic) bond motifs is 3. The first-order chi connectivity index (χ1) is 9.84. The van der Waals surface area contributed by atoms with Gasteiger partial charge in [0.05, 0.1) is 0 Å². The SMILES string of the molecule is CC1c2ccccc2-c2ccc[c]([Zr][C]3=CC=CC3)c21. The van der Waals surface area contributed by atoms with Gasteiger partial charge in [-0.1, -0.05) is 0 Å². The van der Waals surface area contributed by atoms with Crippen LogP contribution in [0, 0.1) is 0 Å². The number of allylic oxidation sites excluding steroid dienone is 4. The molecule has 2 aromatic carbocycles. The summed E-state index contributed by atoms with van der Waals surface area (Å²) in [5, 5.41) is 0. The predicted molar refractivity (Wildman–Crippen MR) is 80.9 cm³/mol. The second-order valence-electron chi connectivity index (χ2n) is 5.52. The summed E-state index contributed by atoms with van der Waals surface area (Å²) in [6.45, 7) is 2.37. The van der Waals surface area contributed by atoms with Gasteiger partial charge < -0.3 is 0 Å². The van der Waals surface area contributed by atoms with Crippen LogP contribution in [0.3, 0.4) is 0 Å². The summed E-state index contributed by atoms with van der Waals surface area (Å²) in [4.78, 5) is 0. The number of benzene rings is 2. The zero-order valence-electron chi connectivity index (χ0n) is 11.6. The van der Waals surface area contributed by atoms with Crippen molar-refractivity contribution in [1.82, 2.24) is 0 Å². The molecular weight excluding hydrogens is 319 g/mol. The fourth-order valence-corrected chi connectivity index (χ4v) is 6.83. The molecule has 0 amide bonds. The molecular formula is C19H16Zr. The summed E-state index contributed by atoms with van der Waals surface area (Å²) in [5.41, 5.74) is 6.06. The summed E-state index contributed by atoms with van der Waals surface area (Å²) in [6, 6.07) is 15.9. The van der Waals surface area contributed by atoms with E-state index < -0.39 is 23.2 Å². The third-order valence-corrected chi connectivity index (χ3v) is 7.76. The summed E-state index contributed by atoms with van der Waals surface area (Å²) in [6.07, 6.45) is 8.05. The van der Waals surface area contributed by atoms with E-state index in [0.29, 0.717) is 5.92 Å². The molecule has 2 aromatic rings. The summed E-state index contributed by atoms with van der Waals surface area (Å²) < 4.78 is 3.37. The molecule has 2 aliphatic rings. The molecule has 0 bridgehead atoms. The van der Waals surface area contributed by atoms with Gasteiger partial charge in [0.1, 0.15) is 0 Å². The van der Waals surface area contributed by atoms with Crippen LogP contribution < -0.4 is 3.27 Å². The molecule has 4 rings (SSSR count). The van der Waals surface area contributed by atoms with Crippen molar-refractivity contribution in [3.8, 4) is 11.1 Å². The van der Waals surface area contributed by atoms with Crippen LogP contribution in [0.2, 0.25) is 0 Å². The predicted octanol–water partition coefficient (Wildman–Crippen LogP) is 4.37. The van der Waals surface area contributed by atoms with Gasteiger partial charge in [-0.25, -0.2) is 0 Å². The molecule has 0 aromatic heterocycles. The van der Waals surface area contributed by atoms with Crippen molar-refractivity contribution in [2.75, 3.05) is 0 Å². The van der Waals surface area contributed by atoms with E-state index in [1.807, 2.05) is 0 Å². The van der Waals surface area contributed by atoms with E-state index in [1.54, 1.807) is 12.1 Å². The normalized spacial score (nSPS) is 18.6. The van der Waals surface area contributed by atoms with E-state index in [-0.39, 0.29) is 0 Å². The molecule has 0 nitrogen and oxygen atoms in total. The molecule has 0 spiro atoms. The van der Waals surface area contributed by atoms with E-state index >= 15 is 0 Å². The average molecular weight is 336 g/mol. The Kier molecular flexibility index (Phi) is 3.12. The zero-order chi connectivity index (χ0) is 13.5. The molecule has 0 saturated heterocycles. The molecule has 96 valence electrons. The summed E-state index contributed by atoms with van der Waals surface area (Å²) >= 11 is -0.617. The van der Waals surface area contributed by atoms with Crippen molar-refractivity contribution in [3.05, 3.63) is 75.1 Å². The van der Waals surface area contributed by atoms with E-state index in [4.69, 9.17) is 0 Å². The Hall–Kier alpha value is -1.20. The van der Waals surface area contributed by atoms with E-state index in [0.717, 1.165) is 0 Å². The Morgan fingerprint density at radius 3 is 2.70 bits per heavy atom. The van der Waals surface area contributed by atoms with Gasteiger partial charge in [-0.3, -0.25) is 0 Å². The van der Waals surface area contributed by atoms with Gasteiger partial charge in [0, 0.05) is 0 Å². The fraction of sp³-hybridized carbons (Fsp3) is 0.158. The molecule has 1 unspecified atom stereocenters. The second kappa shape index (κ2) is 4.97. The molecule has 20 heavy (non-hydrogen) atoms. The van der Waals surface area contributed by atoms with Gasteiger partial charge >= 0.3 is 132 Å². The van der Waals surface area contributed by atoms with Gasteiger partial charge in [0.2, 0.25) is 0 Å².